The van der Waals surface area contributed by atoms with Gasteiger partial charge in [0.2, 0.25) is 9.84 Å². The van der Waals surface area contributed by atoms with Crippen molar-refractivity contribution in [2.45, 2.75) is 9.79 Å². The van der Waals surface area contributed by atoms with Gasteiger partial charge in [-0.1, -0.05) is 54.6 Å². The van der Waals surface area contributed by atoms with Gasteiger partial charge in [-0.25, -0.2) is 8.42 Å². The van der Waals surface area contributed by atoms with Crippen LogP contribution >= 0.6 is 0 Å². The number of fused-ring (bicyclic) bond motifs is 1. The molecule has 0 aliphatic carbocycles. The van der Waals surface area contributed by atoms with E-state index >= 15 is 0 Å². The maximum absolute atomic E-state index is 13.5. The van der Waals surface area contributed by atoms with Gasteiger partial charge in [0.1, 0.15) is 4.90 Å². The Labute approximate surface area is 182 Å². The predicted molar refractivity (Wildman–Crippen MR) is 125 cm³/mol. The molecule has 1 aliphatic heterocycles. The van der Waals surface area contributed by atoms with Gasteiger partial charge in [-0.2, -0.15) is 0 Å². The number of anilines is 2. The van der Waals surface area contributed by atoms with Gasteiger partial charge in [0, 0.05) is 43.4 Å². The standard InChI is InChI=1S/C25H23N3O2S/c29-31(30,21-11-5-2-6-12-21)24-19-26-23-14-8-7-13-22(23)25(24)28-17-15-27(16-18-28)20-9-3-1-4-10-20/h1-14,19H,15-18H2. The summed E-state index contributed by atoms with van der Waals surface area (Å²) in [7, 11) is -3.69. The van der Waals surface area contributed by atoms with E-state index in [0.29, 0.717) is 0 Å². The molecule has 1 aliphatic rings. The molecule has 0 unspecified atom stereocenters. The number of nitrogens with zero attached hydrogens (tertiary/aromatic N) is 3. The molecule has 1 saturated heterocycles. The number of piperazine rings is 1. The van der Waals surface area contributed by atoms with Crippen LogP contribution in [0.4, 0.5) is 11.4 Å². The average molecular weight is 430 g/mol. The fourth-order valence-electron chi connectivity index (χ4n) is 4.19. The molecule has 1 fully saturated rings. The molecule has 1 aromatic heterocycles. The molecule has 0 spiro atoms. The van der Waals surface area contributed by atoms with E-state index in [1.807, 2.05) is 48.5 Å². The molecule has 31 heavy (non-hydrogen) atoms. The summed E-state index contributed by atoms with van der Waals surface area (Å²) in [6.45, 7) is 3.12. The Morgan fingerprint density at radius 3 is 1.97 bits per heavy atom. The minimum atomic E-state index is -3.69. The van der Waals surface area contributed by atoms with Crippen LogP contribution in [0.3, 0.4) is 0 Å². The Morgan fingerprint density at radius 2 is 1.26 bits per heavy atom. The van der Waals surface area contributed by atoms with Gasteiger partial charge in [0.05, 0.1) is 16.1 Å². The lowest BCUT2D eigenvalue weighted by Gasteiger charge is -2.38. The molecule has 5 nitrogen and oxygen atoms in total. The second kappa shape index (κ2) is 8.04. The third-order valence-corrected chi connectivity index (χ3v) is 7.54. The predicted octanol–water partition coefficient (Wildman–Crippen LogP) is 4.39. The molecule has 2 heterocycles. The lowest BCUT2D eigenvalue weighted by atomic mass is 10.1. The van der Waals surface area contributed by atoms with Crippen molar-refractivity contribution in [1.29, 1.82) is 0 Å². The Morgan fingerprint density at radius 1 is 0.677 bits per heavy atom. The van der Waals surface area contributed by atoms with E-state index in [-0.39, 0.29) is 9.79 Å². The summed E-state index contributed by atoms with van der Waals surface area (Å²) in [6, 6.07) is 26.7. The topological polar surface area (TPSA) is 53.5 Å². The van der Waals surface area contributed by atoms with Crippen LogP contribution in [0.5, 0.6) is 0 Å². The van der Waals surface area contributed by atoms with Gasteiger partial charge in [0.25, 0.3) is 0 Å². The number of rotatable bonds is 4. The van der Waals surface area contributed by atoms with Crippen molar-refractivity contribution < 1.29 is 8.42 Å². The summed E-state index contributed by atoms with van der Waals surface area (Å²) in [4.78, 5) is 9.56. The van der Waals surface area contributed by atoms with E-state index < -0.39 is 9.84 Å². The number of pyridine rings is 1. The van der Waals surface area contributed by atoms with Crippen molar-refractivity contribution in [1.82, 2.24) is 4.98 Å². The van der Waals surface area contributed by atoms with Gasteiger partial charge >= 0.3 is 0 Å². The molecule has 5 rings (SSSR count). The number of hydrogen-bond donors (Lipinski definition) is 0. The third kappa shape index (κ3) is 3.64. The van der Waals surface area contributed by atoms with Crippen LogP contribution in [-0.4, -0.2) is 39.6 Å². The smallest absolute Gasteiger partial charge is 0.210 e. The summed E-state index contributed by atoms with van der Waals surface area (Å²) >= 11 is 0. The van der Waals surface area contributed by atoms with Crippen molar-refractivity contribution in [3.8, 4) is 0 Å². The number of para-hydroxylation sites is 2. The Kier molecular flexibility index (Phi) is 5.08. The number of hydrogen-bond acceptors (Lipinski definition) is 5. The first kappa shape index (κ1) is 19.6. The van der Waals surface area contributed by atoms with Crippen LogP contribution in [0.25, 0.3) is 10.9 Å². The second-order valence-electron chi connectivity index (χ2n) is 7.61. The summed E-state index contributed by atoms with van der Waals surface area (Å²) < 4.78 is 27.1. The van der Waals surface area contributed by atoms with Gasteiger partial charge in [0.15, 0.2) is 0 Å². The van der Waals surface area contributed by atoms with Crippen molar-refractivity contribution in [2.24, 2.45) is 0 Å². The van der Waals surface area contributed by atoms with Crippen LogP contribution in [0.15, 0.2) is 101 Å². The molecular formula is C25H23N3O2S. The fraction of sp³-hybridized carbons (Fsp3) is 0.160. The number of aromatic nitrogens is 1. The van der Waals surface area contributed by atoms with Crippen molar-refractivity contribution in [3.63, 3.8) is 0 Å². The molecule has 156 valence electrons. The summed E-state index contributed by atoms with van der Waals surface area (Å²) in [5, 5.41) is 0.868. The maximum atomic E-state index is 13.5. The minimum Gasteiger partial charge on any atom is -0.368 e. The zero-order valence-corrected chi connectivity index (χ0v) is 17.9. The SMILES string of the molecule is O=S(=O)(c1ccccc1)c1cnc2ccccc2c1N1CCN(c2ccccc2)CC1. The number of sulfone groups is 1. The van der Waals surface area contributed by atoms with Crippen LogP contribution in [0, 0.1) is 0 Å². The second-order valence-corrected chi connectivity index (χ2v) is 9.53. The van der Waals surface area contributed by atoms with E-state index in [9.17, 15) is 8.42 Å². The Balaban J connectivity index is 1.57. The van der Waals surface area contributed by atoms with Crippen molar-refractivity contribution in [3.05, 3.63) is 91.1 Å². The van der Waals surface area contributed by atoms with Crippen molar-refractivity contribution in [2.75, 3.05) is 36.0 Å². The highest BCUT2D eigenvalue weighted by Crippen LogP contribution is 2.36. The lowest BCUT2D eigenvalue weighted by Crippen LogP contribution is -2.47. The van der Waals surface area contributed by atoms with Crippen molar-refractivity contribution >= 4 is 32.1 Å². The largest absolute Gasteiger partial charge is 0.368 e. The highest BCUT2D eigenvalue weighted by atomic mass is 32.2. The molecule has 3 aromatic carbocycles. The van der Waals surface area contributed by atoms with Gasteiger partial charge < -0.3 is 9.80 Å². The lowest BCUT2D eigenvalue weighted by molar-refractivity contribution is 0.594. The van der Waals surface area contributed by atoms with Gasteiger partial charge in [-0.05, 0) is 30.3 Å². The first-order valence-electron chi connectivity index (χ1n) is 10.4. The molecule has 0 radical (unpaired) electrons. The van der Waals surface area contributed by atoms with Gasteiger partial charge in [-0.15, -0.1) is 0 Å². The zero-order valence-electron chi connectivity index (χ0n) is 17.1. The monoisotopic (exact) mass is 429 g/mol. The Hall–Kier alpha value is -3.38. The van der Waals surface area contributed by atoms with Gasteiger partial charge in [-0.3, -0.25) is 4.98 Å². The summed E-state index contributed by atoms with van der Waals surface area (Å²) in [5.41, 5.74) is 2.75. The quantitative estimate of drug-likeness (QED) is 0.481. The Bertz CT molecular complexity index is 1300. The first-order valence-corrected chi connectivity index (χ1v) is 11.9. The summed E-state index contributed by atoms with van der Waals surface area (Å²) in [5.74, 6) is 0. The zero-order chi connectivity index (χ0) is 21.3. The molecule has 0 amide bonds. The van der Waals surface area contributed by atoms with E-state index in [0.717, 1.165) is 42.8 Å². The van der Waals surface area contributed by atoms with E-state index in [1.165, 1.54) is 11.9 Å². The maximum Gasteiger partial charge on any atom is 0.210 e. The minimum absolute atomic E-state index is 0.269. The van der Waals surface area contributed by atoms with Crippen LogP contribution in [-0.2, 0) is 9.84 Å². The molecule has 0 saturated carbocycles. The summed E-state index contributed by atoms with van der Waals surface area (Å²) in [6.07, 6.45) is 1.52. The molecule has 0 bridgehead atoms. The molecule has 0 N–H and O–H groups in total. The molecule has 0 atom stereocenters. The third-order valence-electron chi connectivity index (χ3n) is 5.77. The average Bonchev–Trinajstić information content (AvgIpc) is 2.84. The molecular weight excluding hydrogens is 406 g/mol. The van der Waals surface area contributed by atoms with Crippen LogP contribution in [0.1, 0.15) is 0 Å². The molecule has 4 aromatic rings. The highest BCUT2D eigenvalue weighted by molar-refractivity contribution is 7.91. The highest BCUT2D eigenvalue weighted by Gasteiger charge is 2.28. The fourth-order valence-corrected chi connectivity index (χ4v) is 5.64. The normalized spacial score (nSPS) is 14.7. The molecule has 6 heteroatoms. The van der Waals surface area contributed by atoms with E-state index in [4.69, 9.17) is 0 Å². The van der Waals surface area contributed by atoms with E-state index in [2.05, 4.69) is 26.9 Å². The van der Waals surface area contributed by atoms with Crippen LogP contribution < -0.4 is 9.80 Å². The van der Waals surface area contributed by atoms with E-state index in [1.54, 1.807) is 24.3 Å². The first-order chi connectivity index (χ1) is 15.1. The number of benzene rings is 3. The van der Waals surface area contributed by atoms with Crippen LogP contribution in [0.2, 0.25) is 0 Å².